The molecule has 0 saturated carbocycles. The second-order valence-electron chi connectivity index (χ2n) is 7.61. The van der Waals surface area contributed by atoms with Crippen molar-refractivity contribution < 1.29 is 5.11 Å². The zero-order chi connectivity index (χ0) is 17.7. The lowest BCUT2D eigenvalue weighted by atomic mass is 9.75. The van der Waals surface area contributed by atoms with Gasteiger partial charge < -0.3 is 5.11 Å². The van der Waals surface area contributed by atoms with E-state index in [-0.39, 0.29) is 12.0 Å². The summed E-state index contributed by atoms with van der Waals surface area (Å²) < 4.78 is 2.11. The first-order valence-corrected chi connectivity index (χ1v) is 9.54. The molecule has 4 nitrogen and oxygen atoms in total. The predicted molar refractivity (Wildman–Crippen MR) is 101 cm³/mol. The fourth-order valence-electron chi connectivity index (χ4n) is 4.12. The number of hydrogen-bond donors (Lipinski definition) is 1. The minimum absolute atomic E-state index is 0.0209. The maximum Gasteiger partial charge on any atom is 0.0537 e. The quantitative estimate of drug-likeness (QED) is 0.839. The van der Waals surface area contributed by atoms with Crippen molar-refractivity contribution >= 4 is 0 Å². The van der Waals surface area contributed by atoms with Gasteiger partial charge in [-0.25, -0.2) is 0 Å². The molecule has 0 radical (unpaired) electrons. The highest BCUT2D eigenvalue weighted by Crippen LogP contribution is 2.34. The molecule has 1 unspecified atom stereocenters. The fraction of sp³-hybridized carbons (Fsp3) is 0.571. The van der Waals surface area contributed by atoms with Crippen LogP contribution in [0.3, 0.4) is 0 Å². The zero-order valence-corrected chi connectivity index (χ0v) is 15.6. The Morgan fingerprint density at radius 3 is 2.76 bits per heavy atom. The molecule has 1 aromatic carbocycles. The number of benzene rings is 1. The van der Waals surface area contributed by atoms with E-state index in [0.29, 0.717) is 0 Å². The highest BCUT2D eigenvalue weighted by molar-refractivity contribution is 5.18. The molecule has 4 heteroatoms. The van der Waals surface area contributed by atoms with Crippen molar-refractivity contribution in [2.75, 3.05) is 19.7 Å². The molecule has 2 aromatic rings. The average molecular weight is 341 g/mol. The third-order valence-corrected chi connectivity index (χ3v) is 5.53. The van der Waals surface area contributed by atoms with Crippen LogP contribution in [0.1, 0.15) is 43.0 Å². The summed E-state index contributed by atoms with van der Waals surface area (Å²) in [6.45, 7) is 8.60. The number of piperidine rings is 1. The lowest BCUT2D eigenvalue weighted by Crippen LogP contribution is -2.46. The lowest BCUT2D eigenvalue weighted by Gasteiger charge is -2.42. The van der Waals surface area contributed by atoms with Crippen LogP contribution in [0, 0.1) is 12.3 Å². The number of aromatic nitrogens is 2. The summed E-state index contributed by atoms with van der Waals surface area (Å²) in [5.74, 6) is 0. The van der Waals surface area contributed by atoms with Gasteiger partial charge in [-0.2, -0.15) is 5.10 Å². The van der Waals surface area contributed by atoms with Crippen molar-refractivity contribution in [2.24, 2.45) is 5.41 Å². The Balaban J connectivity index is 1.69. The molecule has 0 bridgehead atoms. The second-order valence-corrected chi connectivity index (χ2v) is 7.61. The van der Waals surface area contributed by atoms with E-state index in [9.17, 15) is 5.11 Å². The molecular formula is C21H31N3O. The Hall–Kier alpha value is -1.65. The first kappa shape index (κ1) is 18.2. The normalized spacial score (nSPS) is 21.6. The molecule has 1 fully saturated rings. The number of likely N-dealkylation sites (tertiary alicyclic amines) is 1. The van der Waals surface area contributed by atoms with Crippen LogP contribution in [-0.4, -0.2) is 39.5 Å². The number of aryl methyl sites for hydroxylation is 1. The molecule has 1 saturated heterocycles. The summed E-state index contributed by atoms with van der Waals surface area (Å²) in [4.78, 5) is 2.50. The highest BCUT2D eigenvalue weighted by Gasteiger charge is 2.35. The molecule has 25 heavy (non-hydrogen) atoms. The maximum absolute atomic E-state index is 10.2. The number of rotatable bonds is 7. The van der Waals surface area contributed by atoms with Gasteiger partial charge in [0.15, 0.2) is 0 Å². The van der Waals surface area contributed by atoms with Crippen molar-refractivity contribution in [3.63, 3.8) is 0 Å². The molecule has 1 atom stereocenters. The van der Waals surface area contributed by atoms with E-state index in [1.54, 1.807) is 0 Å². The Labute approximate surface area is 151 Å². The number of nitrogens with zero attached hydrogens (tertiary/aromatic N) is 3. The van der Waals surface area contributed by atoms with Gasteiger partial charge in [0.1, 0.15) is 0 Å². The van der Waals surface area contributed by atoms with Crippen molar-refractivity contribution in [1.82, 2.24) is 14.7 Å². The average Bonchev–Trinajstić information content (AvgIpc) is 2.97. The van der Waals surface area contributed by atoms with Crippen LogP contribution in [0.4, 0.5) is 0 Å². The molecular weight excluding hydrogens is 310 g/mol. The van der Waals surface area contributed by atoms with E-state index in [4.69, 9.17) is 0 Å². The molecule has 1 N–H and O–H groups in total. The van der Waals surface area contributed by atoms with Gasteiger partial charge >= 0.3 is 0 Å². The minimum atomic E-state index is -0.0209. The summed E-state index contributed by atoms with van der Waals surface area (Å²) in [6.07, 6.45) is 6.33. The van der Waals surface area contributed by atoms with Crippen molar-refractivity contribution in [3.8, 4) is 0 Å². The minimum Gasteiger partial charge on any atom is -0.396 e. The van der Waals surface area contributed by atoms with Crippen LogP contribution in [0.2, 0.25) is 0 Å². The molecule has 1 aliphatic heterocycles. The summed E-state index contributed by atoms with van der Waals surface area (Å²) >= 11 is 0. The molecule has 0 spiro atoms. The highest BCUT2D eigenvalue weighted by atomic mass is 16.3. The van der Waals surface area contributed by atoms with Crippen LogP contribution in [0.15, 0.2) is 36.5 Å². The van der Waals surface area contributed by atoms with E-state index >= 15 is 0 Å². The Morgan fingerprint density at radius 2 is 2.04 bits per heavy atom. The van der Waals surface area contributed by atoms with Gasteiger partial charge in [0, 0.05) is 36.3 Å². The predicted octanol–water partition coefficient (Wildman–Crippen LogP) is 3.42. The zero-order valence-electron chi connectivity index (χ0n) is 15.6. The van der Waals surface area contributed by atoms with Crippen molar-refractivity contribution in [3.05, 3.63) is 53.3 Å². The van der Waals surface area contributed by atoms with Gasteiger partial charge in [0.25, 0.3) is 0 Å². The number of hydrogen-bond acceptors (Lipinski definition) is 3. The second kappa shape index (κ2) is 8.15. The van der Waals surface area contributed by atoms with Crippen LogP contribution in [0.5, 0.6) is 0 Å². The van der Waals surface area contributed by atoms with Gasteiger partial charge in [-0.15, -0.1) is 0 Å². The van der Waals surface area contributed by atoms with Crippen LogP contribution < -0.4 is 0 Å². The van der Waals surface area contributed by atoms with Gasteiger partial charge in [-0.1, -0.05) is 37.3 Å². The van der Waals surface area contributed by atoms with E-state index in [0.717, 1.165) is 51.9 Å². The summed E-state index contributed by atoms with van der Waals surface area (Å²) in [5, 5.41) is 14.7. The first-order chi connectivity index (χ1) is 12.2. The Morgan fingerprint density at radius 1 is 1.24 bits per heavy atom. The Bertz CT molecular complexity index is 667. The molecule has 3 rings (SSSR count). The van der Waals surface area contributed by atoms with E-state index in [2.05, 4.69) is 58.9 Å². The number of aliphatic hydroxyl groups is 1. The van der Waals surface area contributed by atoms with Crippen molar-refractivity contribution in [1.29, 1.82) is 0 Å². The first-order valence-electron chi connectivity index (χ1n) is 9.54. The third kappa shape index (κ3) is 4.31. The summed E-state index contributed by atoms with van der Waals surface area (Å²) in [7, 11) is 0. The van der Waals surface area contributed by atoms with Gasteiger partial charge in [-0.05, 0) is 44.7 Å². The molecule has 0 aliphatic carbocycles. The Kier molecular flexibility index (Phi) is 5.92. The van der Waals surface area contributed by atoms with Gasteiger partial charge in [-0.3, -0.25) is 9.58 Å². The van der Waals surface area contributed by atoms with Gasteiger partial charge in [0.2, 0.25) is 0 Å². The standard InChI is InChI=1S/C21H31N3O/c1-3-11-24-18(2)20(14-22-24)15-23-12-7-10-21(16-23,17-25)13-19-8-5-4-6-9-19/h4-6,8-9,14,25H,3,7,10-13,15-17H2,1-2H3. The summed E-state index contributed by atoms with van der Waals surface area (Å²) in [5.41, 5.74) is 3.91. The monoisotopic (exact) mass is 341 g/mol. The van der Waals surface area contributed by atoms with Crippen molar-refractivity contribution in [2.45, 2.75) is 52.6 Å². The smallest absolute Gasteiger partial charge is 0.0537 e. The van der Waals surface area contributed by atoms with Crippen LogP contribution in [-0.2, 0) is 19.5 Å². The molecule has 1 aromatic heterocycles. The van der Waals surface area contributed by atoms with E-state index in [1.807, 2.05) is 6.20 Å². The fourth-order valence-corrected chi connectivity index (χ4v) is 4.12. The summed E-state index contributed by atoms with van der Waals surface area (Å²) in [6, 6.07) is 10.6. The van der Waals surface area contributed by atoms with E-state index in [1.165, 1.54) is 16.8 Å². The maximum atomic E-state index is 10.2. The largest absolute Gasteiger partial charge is 0.396 e. The molecule has 1 aliphatic rings. The molecule has 2 heterocycles. The third-order valence-electron chi connectivity index (χ3n) is 5.53. The topological polar surface area (TPSA) is 41.3 Å². The number of aliphatic hydroxyl groups excluding tert-OH is 1. The van der Waals surface area contributed by atoms with Crippen LogP contribution >= 0.6 is 0 Å². The van der Waals surface area contributed by atoms with Gasteiger partial charge in [0.05, 0.1) is 12.8 Å². The molecule has 136 valence electrons. The molecule has 0 amide bonds. The van der Waals surface area contributed by atoms with Crippen LogP contribution in [0.25, 0.3) is 0 Å². The van der Waals surface area contributed by atoms with E-state index < -0.39 is 0 Å². The lowest BCUT2D eigenvalue weighted by molar-refractivity contribution is 0.0287. The SMILES string of the molecule is CCCn1ncc(CN2CCCC(CO)(Cc3ccccc3)C2)c1C.